The van der Waals surface area contributed by atoms with E-state index in [1.807, 2.05) is 19.9 Å². The van der Waals surface area contributed by atoms with Crippen LogP contribution in [0.5, 0.6) is 5.75 Å². The first-order chi connectivity index (χ1) is 8.15. The largest absolute Gasteiger partial charge is 0.506 e. The van der Waals surface area contributed by atoms with Gasteiger partial charge in [-0.3, -0.25) is 0 Å². The first-order valence-corrected chi connectivity index (χ1v) is 5.58. The summed E-state index contributed by atoms with van der Waals surface area (Å²) in [6.45, 7) is 4.45. The second-order valence-electron chi connectivity index (χ2n) is 4.18. The lowest BCUT2D eigenvalue weighted by atomic mass is 10.1. The summed E-state index contributed by atoms with van der Waals surface area (Å²) in [7, 11) is 0. The van der Waals surface area contributed by atoms with Gasteiger partial charge in [0.05, 0.1) is 5.69 Å². The molecule has 0 unspecified atom stereocenters. The van der Waals surface area contributed by atoms with Crippen LogP contribution in [0, 0.1) is 0 Å². The molecule has 0 fully saturated rings. The summed E-state index contributed by atoms with van der Waals surface area (Å²) < 4.78 is 1.65. The minimum atomic E-state index is 0.183. The Morgan fingerprint density at radius 1 is 1.35 bits per heavy atom. The molecule has 0 bridgehead atoms. The van der Waals surface area contributed by atoms with Crippen molar-refractivity contribution in [2.45, 2.75) is 26.3 Å². The third-order valence-electron chi connectivity index (χ3n) is 2.63. The molecule has 0 aliphatic carbocycles. The van der Waals surface area contributed by atoms with Crippen LogP contribution >= 0.6 is 0 Å². The van der Waals surface area contributed by atoms with E-state index in [1.165, 1.54) is 0 Å². The molecule has 0 saturated heterocycles. The number of aromatic hydroxyl groups is 1. The molecule has 5 nitrogen and oxygen atoms in total. The third-order valence-corrected chi connectivity index (χ3v) is 2.63. The molecule has 1 aromatic heterocycles. The summed E-state index contributed by atoms with van der Waals surface area (Å²) >= 11 is 0. The summed E-state index contributed by atoms with van der Waals surface area (Å²) in [6, 6.07) is 7.05. The second kappa shape index (κ2) is 4.55. The Hall–Kier alpha value is -1.88. The van der Waals surface area contributed by atoms with Gasteiger partial charge in [-0.2, -0.15) is 0 Å². The number of hydrogen-bond acceptors (Lipinski definition) is 4. The number of hydrogen-bond donors (Lipinski definition) is 2. The lowest BCUT2D eigenvalue weighted by molar-refractivity contribution is 0.468. The van der Waals surface area contributed by atoms with Crippen molar-refractivity contribution >= 4 is 0 Å². The van der Waals surface area contributed by atoms with E-state index in [1.54, 1.807) is 22.9 Å². The highest BCUT2D eigenvalue weighted by Gasteiger charge is 2.17. The lowest BCUT2D eigenvalue weighted by Crippen LogP contribution is -2.07. The van der Waals surface area contributed by atoms with Crippen molar-refractivity contribution in [3.63, 3.8) is 0 Å². The summed E-state index contributed by atoms with van der Waals surface area (Å²) in [5.74, 6) is 0.422. The average Bonchev–Trinajstić information content (AvgIpc) is 2.73. The number of aromatic nitrogens is 3. The van der Waals surface area contributed by atoms with E-state index >= 15 is 0 Å². The van der Waals surface area contributed by atoms with Gasteiger partial charge in [-0.25, -0.2) is 4.68 Å². The second-order valence-corrected chi connectivity index (χ2v) is 4.18. The number of nitrogens with zero attached hydrogens (tertiary/aromatic N) is 3. The highest BCUT2D eigenvalue weighted by Crippen LogP contribution is 2.26. The van der Waals surface area contributed by atoms with Crippen LogP contribution in [0.2, 0.25) is 0 Å². The monoisotopic (exact) mass is 232 g/mol. The molecular formula is C12H16N4O. The van der Waals surface area contributed by atoms with E-state index in [9.17, 15) is 5.11 Å². The number of nitrogens with two attached hydrogens (primary N) is 1. The number of phenols is 1. The third kappa shape index (κ3) is 2.01. The fourth-order valence-electron chi connectivity index (χ4n) is 1.86. The Morgan fingerprint density at radius 2 is 2.06 bits per heavy atom. The molecular weight excluding hydrogens is 216 g/mol. The van der Waals surface area contributed by atoms with Crippen LogP contribution in [0.3, 0.4) is 0 Å². The van der Waals surface area contributed by atoms with Gasteiger partial charge in [0, 0.05) is 6.54 Å². The van der Waals surface area contributed by atoms with Crippen molar-refractivity contribution in [2.75, 3.05) is 0 Å². The highest BCUT2D eigenvalue weighted by atomic mass is 16.3. The zero-order valence-corrected chi connectivity index (χ0v) is 9.96. The molecule has 0 spiro atoms. The van der Waals surface area contributed by atoms with Crippen molar-refractivity contribution in [3.05, 3.63) is 35.7 Å². The van der Waals surface area contributed by atoms with E-state index < -0.39 is 0 Å². The van der Waals surface area contributed by atoms with Crippen LogP contribution in [0.1, 0.15) is 31.2 Å². The molecule has 2 rings (SSSR count). The Bertz CT molecular complexity index is 519. The van der Waals surface area contributed by atoms with E-state index in [4.69, 9.17) is 5.73 Å². The minimum Gasteiger partial charge on any atom is -0.506 e. The Balaban J connectivity index is 2.60. The molecule has 2 aromatic rings. The number of rotatable bonds is 3. The molecule has 0 aliphatic rings. The van der Waals surface area contributed by atoms with Gasteiger partial charge in [-0.15, -0.1) is 5.10 Å². The van der Waals surface area contributed by atoms with Crippen LogP contribution in [0.25, 0.3) is 5.69 Å². The molecule has 0 aliphatic heterocycles. The van der Waals surface area contributed by atoms with Gasteiger partial charge in [-0.1, -0.05) is 31.2 Å². The van der Waals surface area contributed by atoms with Crippen molar-refractivity contribution < 1.29 is 5.11 Å². The fraction of sp³-hybridized carbons (Fsp3) is 0.333. The van der Waals surface area contributed by atoms with E-state index in [0.29, 0.717) is 12.2 Å². The Kier molecular flexibility index (Phi) is 3.10. The first-order valence-electron chi connectivity index (χ1n) is 5.58. The number of phenolic OH excluding ortho intramolecular Hbond substituents is 1. The van der Waals surface area contributed by atoms with Gasteiger partial charge in [0.2, 0.25) is 0 Å². The topological polar surface area (TPSA) is 77.0 Å². The minimum absolute atomic E-state index is 0.183. The first kappa shape index (κ1) is 11.6. The molecule has 0 saturated carbocycles. The highest BCUT2D eigenvalue weighted by molar-refractivity contribution is 5.46. The van der Waals surface area contributed by atoms with Crippen LogP contribution in [0.15, 0.2) is 24.3 Å². The standard InChI is InChI=1S/C12H16N4O/c1-8(2)12-9(7-13)14-15-16(12)10-5-3-4-6-11(10)17/h3-6,8,17H,7,13H2,1-2H3. The number of benzene rings is 1. The molecule has 0 atom stereocenters. The van der Waals surface area contributed by atoms with Crippen molar-refractivity contribution in [2.24, 2.45) is 5.73 Å². The van der Waals surface area contributed by atoms with Gasteiger partial charge >= 0.3 is 0 Å². The van der Waals surface area contributed by atoms with Gasteiger partial charge in [0.25, 0.3) is 0 Å². The Labute approximate surface area is 99.9 Å². The van der Waals surface area contributed by atoms with Crippen LogP contribution in [0.4, 0.5) is 0 Å². The molecule has 1 aromatic carbocycles. The average molecular weight is 232 g/mol. The molecule has 17 heavy (non-hydrogen) atoms. The zero-order chi connectivity index (χ0) is 12.4. The van der Waals surface area contributed by atoms with Gasteiger partial charge < -0.3 is 10.8 Å². The van der Waals surface area contributed by atoms with Crippen LogP contribution in [-0.4, -0.2) is 20.1 Å². The maximum absolute atomic E-state index is 9.83. The molecule has 0 radical (unpaired) electrons. The Morgan fingerprint density at radius 3 is 2.65 bits per heavy atom. The molecule has 90 valence electrons. The normalized spacial score (nSPS) is 11.1. The predicted molar refractivity (Wildman–Crippen MR) is 65.0 cm³/mol. The predicted octanol–water partition coefficient (Wildman–Crippen LogP) is 1.55. The van der Waals surface area contributed by atoms with E-state index in [0.717, 1.165) is 11.4 Å². The summed E-state index contributed by atoms with van der Waals surface area (Å²) in [5.41, 5.74) is 7.97. The molecule has 5 heteroatoms. The maximum Gasteiger partial charge on any atom is 0.141 e. The summed E-state index contributed by atoms with van der Waals surface area (Å²) in [4.78, 5) is 0. The smallest absolute Gasteiger partial charge is 0.141 e. The summed E-state index contributed by atoms with van der Waals surface area (Å²) in [5, 5.41) is 17.9. The maximum atomic E-state index is 9.83. The molecule has 3 N–H and O–H groups in total. The molecule has 0 amide bonds. The van der Waals surface area contributed by atoms with Crippen LogP contribution in [-0.2, 0) is 6.54 Å². The van der Waals surface area contributed by atoms with Crippen molar-refractivity contribution in [1.82, 2.24) is 15.0 Å². The van der Waals surface area contributed by atoms with Gasteiger partial charge in [-0.05, 0) is 18.1 Å². The SMILES string of the molecule is CC(C)c1c(CN)nnn1-c1ccccc1O. The van der Waals surface area contributed by atoms with Crippen LogP contribution < -0.4 is 5.73 Å². The van der Waals surface area contributed by atoms with Gasteiger partial charge in [0.15, 0.2) is 0 Å². The lowest BCUT2D eigenvalue weighted by Gasteiger charge is -2.11. The molecule has 1 heterocycles. The fourth-order valence-corrected chi connectivity index (χ4v) is 1.86. The number of para-hydroxylation sites is 2. The summed E-state index contributed by atoms with van der Waals surface area (Å²) in [6.07, 6.45) is 0. The zero-order valence-electron chi connectivity index (χ0n) is 9.96. The van der Waals surface area contributed by atoms with Crippen molar-refractivity contribution in [3.8, 4) is 11.4 Å². The van der Waals surface area contributed by atoms with E-state index in [2.05, 4.69) is 10.3 Å². The van der Waals surface area contributed by atoms with Gasteiger partial charge in [0.1, 0.15) is 17.1 Å². The van der Waals surface area contributed by atoms with Crippen molar-refractivity contribution in [1.29, 1.82) is 0 Å². The quantitative estimate of drug-likeness (QED) is 0.841. The van der Waals surface area contributed by atoms with E-state index in [-0.39, 0.29) is 11.7 Å².